The summed E-state index contributed by atoms with van der Waals surface area (Å²) >= 11 is 0. The monoisotopic (exact) mass is 206 g/mol. The molecular formula is C11H10O4. The van der Waals surface area contributed by atoms with Gasteiger partial charge in [0.2, 0.25) is 11.9 Å². The minimum absolute atomic E-state index is 0.322. The van der Waals surface area contributed by atoms with Gasteiger partial charge in [0.1, 0.15) is 0 Å². The number of ether oxygens (including phenoxy) is 1. The molecular weight excluding hydrogens is 196 g/mol. The van der Waals surface area contributed by atoms with Crippen molar-refractivity contribution in [1.29, 1.82) is 0 Å². The number of carbonyl (C=O) groups is 2. The molecule has 0 spiro atoms. The highest BCUT2D eigenvalue weighted by atomic mass is 16.6. The Balaban J connectivity index is 2.09. The van der Waals surface area contributed by atoms with Gasteiger partial charge >= 0.3 is 5.97 Å². The highest BCUT2D eigenvalue weighted by molar-refractivity contribution is 6.09. The first-order valence-electron chi connectivity index (χ1n) is 4.64. The van der Waals surface area contributed by atoms with Gasteiger partial charge in [-0.25, -0.2) is 4.79 Å². The molecule has 0 bridgehead atoms. The van der Waals surface area contributed by atoms with Crippen molar-refractivity contribution in [3.63, 3.8) is 0 Å². The molecule has 0 radical (unpaired) electrons. The Kier molecular flexibility index (Phi) is 2.51. The van der Waals surface area contributed by atoms with Crippen molar-refractivity contribution in [2.75, 3.05) is 0 Å². The van der Waals surface area contributed by atoms with E-state index < -0.39 is 24.0 Å². The van der Waals surface area contributed by atoms with E-state index in [0.717, 1.165) is 5.56 Å². The molecule has 78 valence electrons. The molecule has 0 amide bonds. The Morgan fingerprint density at radius 3 is 2.40 bits per heavy atom. The highest BCUT2D eigenvalue weighted by Crippen LogP contribution is 2.15. The third-order valence-corrected chi connectivity index (χ3v) is 2.33. The van der Waals surface area contributed by atoms with Gasteiger partial charge in [0.05, 0.1) is 0 Å². The molecule has 0 aliphatic carbocycles. The average molecular weight is 206 g/mol. The van der Waals surface area contributed by atoms with Crippen molar-refractivity contribution in [2.24, 2.45) is 0 Å². The molecule has 0 aromatic heterocycles. The normalized spacial score (nSPS) is 25.4. The predicted octanol–water partition coefficient (Wildman–Crippen LogP) is 0.0845. The number of aliphatic hydroxyl groups is 1. The maximum Gasteiger partial charge on any atom is 0.343 e. The second kappa shape index (κ2) is 3.82. The van der Waals surface area contributed by atoms with E-state index in [0.29, 0.717) is 6.42 Å². The van der Waals surface area contributed by atoms with Crippen LogP contribution in [-0.2, 0) is 20.7 Å². The lowest BCUT2D eigenvalue weighted by Crippen LogP contribution is -2.26. The molecule has 1 fully saturated rings. The Morgan fingerprint density at radius 1 is 1.20 bits per heavy atom. The summed E-state index contributed by atoms with van der Waals surface area (Å²) in [5, 5.41) is 9.09. The van der Waals surface area contributed by atoms with Crippen LogP contribution in [0, 0.1) is 0 Å². The Morgan fingerprint density at radius 2 is 1.87 bits per heavy atom. The quantitative estimate of drug-likeness (QED) is 0.550. The summed E-state index contributed by atoms with van der Waals surface area (Å²) < 4.78 is 4.75. The van der Waals surface area contributed by atoms with Crippen LogP contribution < -0.4 is 0 Å². The number of aliphatic hydroxyl groups excluding tert-OH is 1. The Labute approximate surface area is 86.5 Å². The maximum absolute atomic E-state index is 11.3. The number of hydrogen-bond donors (Lipinski definition) is 1. The number of hydrogen-bond acceptors (Lipinski definition) is 4. The number of ketones is 1. The van der Waals surface area contributed by atoms with Crippen LogP contribution in [0.2, 0.25) is 0 Å². The van der Waals surface area contributed by atoms with Crippen LogP contribution in [0.5, 0.6) is 0 Å². The molecule has 1 saturated heterocycles. The molecule has 0 saturated carbocycles. The first-order chi connectivity index (χ1) is 7.18. The van der Waals surface area contributed by atoms with Gasteiger partial charge in [0.25, 0.3) is 0 Å². The lowest BCUT2D eigenvalue weighted by atomic mass is 10.0. The zero-order valence-corrected chi connectivity index (χ0v) is 7.92. The summed E-state index contributed by atoms with van der Waals surface area (Å²) in [6, 6.07) is 9.22. The first kappa shape index (κ1) is 9.86. The second-order valence-electron chi connectivity index (χ2n) is 3.42. The first-order valence-corrected chi connectivity index (χ1v) is 4.64. The molecule has 1 heterocycles. The third kappa shape index (κ3) is 1.89. The summed E-state index contributed by atoms with van der Waals surface area (Å²) in [4.78, 5) is 22.2. The van der Waals surface area contributed by atoms with E-state index in [9.17, 15) is 9.59 Å². The van der Waals surface area contributed by atoms with Crippen LogP contribution in [0.1, 0.15) is 5.56 Å². The molecule has 4 nitrogen and oxygen atoms in total. The van der Waals surface area contributed by atoms with E-state index >= 15 is 0 Å². The molecule has 1 N–H and O–H groups in total. The number of Topliss-reactive ketones (excluding diaryl/α,β-unsaturated/α-hetero) is 1. The fraction of sp³-hybridized carbons (Fsp3) is 0.273. The molecule has 1 aliphatic rings. The molecule has 1 unspecified atom stereocenters. The Bertz CT molecular complexity index is 385. The van der Waals surface area contributed by atoms with E-state index in [1.54, 1.807) is 0 Å². The van der Waals surface area contributed by atoms with Gasteiger partial charge in [-0.1, -0.05) is 30.3 Å². The fourth-order valence-electron chi connectivity index (χ4n) is 1.53. The van der Waals surface area contributed by atoms with E-state index in [1.165, 1.54) is 0 Å². The number of carbonyl (C=O) groups excluding carboxylic acids is 2. The van der Waals surface area contributed by atoms with Crippen LogP contribution in [0.15, 0.2) is 30.3 Å². The van der Waals surface area contributed by atoms with E-state index in [-0.39, 0.29) is 0 Å². The predicted molar refractivity (Wildman–Crippen MR) is 51.0 cm³/mol. The number of cyclic esters (lactones) is 1. The molecule has 1 aliphatic heterocycles. The van der Waals surface area contributed by atoms with Gasteiger partial charge in [-0.05, 0) is 5.56 Å². The van der Waals surface area contributed by atoms with Gasteiger partial charge in [0.15, 0.2) is 6.10 Å². The topological polar surface area (TPSA) is 63.6 Å². The van der Waals surface area contributed by atoms with E-state index in [1.807, 2.05) is 30.3 Å². The standard InChI is InChI=1S/C11H10O4/c12-9-8(15-11(14)10(9)13)6-7-4-2-1-3-5-7/h1-5,8,10,13H,6H2/t8-,10?/m0/s1. The minimum Gasteiger partial charge on any atom is -0.452 e. The van der Waals surface area contributed by atoms with Crippen LogP contribution in [0.4, 0.5) is 0 Å². The molecule has 1 aromatic carbocycles. The lowest BCUT2D eigenvalue weighted by Gasteiger charge is -2.06. The van der Waals surface area contributed by atoms with Crippen molar-refractivity contribution in [1.82, 2.24) is 0 Å². The second-order valence-corrected chi connectivity index (χ2v) is 3.42. The van der Waals surface area contributed by atoms with Crippen LogP contribution in [-0.4, -0.2) is 29.1 Å². The van der Waals surface area contributed by atoms with Crippen LogP contribution >= 0.6 is 0 Å². The van der Waals surface area contributed by atoms with Crippen molar-refractivity contribution >= 4 is 11.8 Å². The van der Waals surface area contributed by atoms with Crippen LogP contribution in [0.25, 0.3) is 0 Å². The molecule has 1 aromatic rings. The fourth-order valence-corrected chi connectivity index (χ4v) is 1.53. The van der Waals surface area contributed by atoms with Crippen LogP contribution in [0.3, 0.4) is 0 Å². The van der Waals surface area contributed by atoms with Crippen molar-refractivity contribution < 1.29 is 19.4 Å². The SMILES string of the molecule is O=C1O[C@@H](Cc2ccccc2)C(=O)C1O. The molecule has 2 atom stereocenters. The van der Waals surface area contributed by atoms with Gasteiger partial charge in [-0.3, -0.25) is 4.79 Å². The van der Waals surface area contributed by atoms with Gasteiger partial charge in [-0.2, -0.15) is 0 Å². The van der Waals surface area contributed by atoms with Crippen molar-refractivity contribution in [2.45, 2.75) is 18.6 Å². The summed E-state index contributed by atoms with van der Waals surface area (Å²) in [7, 11) is 0. The zero-order chi connectivity index (χ0) is 10.8. The average Bonchev–Trinajstić information content (AvgIpc) is 2.48. The highest BCUT2D eigenvalue weighted by Gasteiger charge is 2.41. The summed E-state index contributed by atoms with van der Waals surface area (Å²) in [5.41, 5.74) is 0.901. The number of rotatable bonds is 2. The molecule has 15 heavy (non-hydrogen) atoms. The minimum atomic E-state index is -1.60. The summed E-state index contributed by atoms with van der Waals surface area (Å²) in [6.07, 6.45) is -2.11. The number of esters is 1. The number of benzene rings is 1. The maximum atomic E-state index is 11.3. The lowest BCUT2D eigenvalue weighted by molar-refractivity contribution is -0.147. The Hall–Kier alpha value is -1.68. The molecule has 4 heteroatoms. The van der Waals surface area contributed by atoms with E-state index in [2.05, 4.69) is 0 Å². The van der Waals surface area contributed by atoms with E-state index in [4.69, 9.17) is 9.84 Å². The van der Waals surface area contributed by atoms with Crippen molar-refractivity contribution in [3.8, 4) is 0 Å². The zero-order valence-electron chi connectivity index (χ0n) is 7.92. The smallest absolute Gasteiger partial charge is 0.343 e. The molecule has 2 rings (SSSR count). The largest absolute Gasteiger partial charge is 0.452 e. The summed E-state index contributed by atoms with van der Waals surface area (Å²) in [6.45, 7) is 0. The van der Waals surface area contributed by atoms with Crippen molar-refractivity contribution in [3.05, 3.63) is 35.9 Å². The van der Waals surface area contributed by atoms with Gasteiger partial charge in [-0.15, -0.1) is 0 Å². The summed E-state index contributed by atoms with van der Waals surface area (Å²) in [5.74, 6) is -1.40. The third-order valence-electron chi connectivity index (χ3n) is 2.33. The van der Waals surface area contributed by atoms with Gasteiger partial charge < -0.3 is 9.84 Å². The van der Waals surface area contributed by atoms with Gasteiger partial charge in [0, 0.05) is 6.42 Å².